The fraction of sp³-hybridized carbons (Fsp3) is 0.412. The Bertz CT molecular complexity index is 623. The van der Waals surface area contributed by atoms with E-state index in [0.29, 0.717) is 28.9 Å². The molecule has 1 aromatic carbocycles. The minimum atomic E-state index is -0.380. The zero-order valence-corrected chi connectivity index (χ0v) is 14.6. The monoisotopic (exact) mass is 334 g/mol. The highest BCUT2D eigenvalue weighted by Crippen LogP contribution is 2.28. The molecule has 124 valence electrons. The van der Waals surface area contributed by atoms with Crippen LogP contribution in [0.2, 0.25) is 0 Å². The molecule has 2 N–H and O–H groups in total. The summed E-state index contributed by atoms with van der Waals surface area (Å²) < 4.78 is 10.6. The lowest BCUT2D eigenvalue weighted by Crippen LogP contribution is -2.45. The molecule has 0 radical (unpaired) electrons. The Kier molecular flexibility index (Phi) is 5.60. The molecule has 0 saturated heterocycles. The van der Waals surface area contributed by atoms with Crippen molar-refractivity contribution in [1.82, 2.24) is 10.6 Å². The first-order valence-corrected chi connectivity index (χ1v) is 7.92. The Labute approximate surface area is 142 Å². The number of allylic oxidation sites excluding steroid dienone is 1. The molecule has 0 bridgehead atoms. The van der Waals surface area contributed by atoms with Gasteiger partial charge < -0.3 is 20.1 Å². The van der Waals surface area contributed by atoms with Crippen molar-refractivity contribution in [1.29, 1.82) is 0 Å². The molecule has 1 aliphatic rings. The van der Waals surface area contributed by atoms with Crippen LogP contribution in [-0.2, 0) is 9.53 Å². The Balaban J connectivity index is 2.26. The number of carbonyl (C=O) groups excluding carboxylic acids is 1. The van der Waals surface area contributed by atoms with Crippen molar-refractivity contribution in [2.24, 2.45) is 5.92 Å². The van der Waals surface area contributed by atoms with Crippen LogP contribution in [-0.4, -0.2) is 24.8 Å². The van der Waals surface area contributed by atoms with E-state index in [9.17, 15) is 4.79 Å². The number of carbonyl (C=O) groups is 1. The lowest BCUT2D eigenvalue weighted by atomic mass is 9.95. The van der Waals surface area contributed by atoms with E-state index >= 15 is 0 Å². The molecule has 0 amide bonds. The predicted octanol–water partition coefficient (Wildman–Crippen LogP) is 2.69. The summed E-state index contributed by atoms with van der Waals surface area (Å²) in [4.78, 5) is 12.1. The van der Waals surface area contributed by atoms with E-state index < -0.39 is 0 Å². The van der Waals surface area contributed by atoms with E-state index in [1.807, 2.05) is 31.2 Å². The number of esters is 1. The Morgan fingerprint density at radius 2 is 1.96 bits per heavy atom. The molecule has 0 saturated carbocycles. The molecule has 0 aliphatic carbocycles. The highest BCUT2D eigenvalue weighted by molar-refractivity contribution is 7.80. The number of ether oxygens (including phenoxy) is 2. The van der Waals surface area contributed by atoms with E-state index in [4.69, 9.17) is 21.7 Å². The Hall–Kier alpha value is -2.08. The largest absolute Gasteiger partial charge is 0.493 e. The Morgan fingerprint density at radius 1 is 1.30 bits per heavy atom. The maximum atomic E-state index is 12.1. The second-order valence-electron chi connectivity index (χ2n) is 5.84. The van der Waals surface area contributed by atoms with Gasteiger partial charge in [-0.05, 0) is 42.8 Å². The van der Waals surface area contributed by atoms with E-state index in [-0.39, 0.29) is 12.0 Å². The number of hydrogen-bond acceptors (Lipinski definition) is 4. The number of nitrogens with one attached hydrogen (secondary N) is 2. The van der Waals surface area contributed by atoms with Gasteiger partial charge in [0.2, 0.25) is 0 Å². The third-order valence-electron chi connectivity index (χ3n) is 3.47. The summed E-state index contributed by atoms with van der Waals surface area (Å²) in [6.45, 7) is 6.68. The van der Waals surface area contributed by atoms with Gasteiger partial charge in [0, 0.05) is 5.70 Å². The molecule has 5 nitrogen and oxygen atoms in total. The van der Waals surface area contributed by atoms with Crippen molar-refractivity contribution in [3.8, 4) is 5.75 Å². The van der Waals surface area contributed by atoms with Crippen molar-refractivity contribution in [2.45, 2.75) is 26.8 Å². The number of benzene rings is 1. The summed E-state index contributed by atoms with van der Waals surface area (Å²) in [5, 5.41) is 6.57. The number of hydrogen-bond donors (Lipinski definition) is 2. The molecular formula is C17H22N2O3S. The highest BCUT2D eigenvalue weighted by Gasteiger charge is 2.30. The van der Waals surface area contributed by atoms with Gasteiger partial charge in [-0.15, -0.1) is 0 Å². The number of methoxy groups -OCH3 is 1. The first kappa shape index (κ1) is 17.3. The van der Waals surface area contributed by atoms with Gasteiger partial charge in [-0.3, -0.25) is 0 Å². The molecule has 0 aromatic heterocycles. The van der Waals surface area contributed by atoms with Gasteiger partial charge in [0.15, 0.2) is 5.11 Å². The third kappa shape index (κ3) is 4.22. The van der Waals surface area contributed by atoms with Crippen molar-refractivity contribution in [3.05, 3.63) is 41.1 Å². The van der Waals surface area contributed by atoms with E-state index in [1.54, 1.807) is 0 Å². The average Bonchev–Trinajstić information content (AvgIpc) is 2.52. The minimum absolute atomic E-state index is 0.338. The zero-order valence-electron chi connectivity index (χ0n) is 13.8. The summed E-state index contributed by atoms with van der Waals surface area (Å²) >= 11 is 5.20. The molecule has 1 atom stereocenters. The molecule has 0 spiro atoms. The van der Waals surface area contributed by atoms with Crippen LogP contribution in [0.15, 0.2) is 35.5 Å². The van der Waals surface area contributed by atoms with Crippen LogP contribution in [0.4, 0.5) is 0 Å². The van der Waals surface area contributed by atoms with Gasteiger partial charge in [-0.1, -0.05) is 26.0 Å². The zero-order chi connectivity index (χ0) is 17.0. The second kappa shape index (κ2) is 7.46. The molecule has 0 unspecified atom stereocenters. The van der Waals surface area contributed by atoms with Crippen molar-refractivity contribution in [3.63, 3.8) is 0 Å². The molecular weight excluding hydrogens is 312 g/mol. The van der Waals surface area contributed by atoms with Crippen LogP contribution >= 0.6 is 12.2 Å². The summed E-state index contributed by atoms with van der Waals surface area (Å²) in [5.74, 6) is 0.893. The van der Waals surface area contributed by atoms with Gasteiger partial charge in [0.1, 0.15) is 5.75 Å². The maximum absolute atomic E-state index is 12.1. The second-order valence-corrected chi connectivity index (χ2v) is 6.24. The fourth-order valence-corrected chi connectivity index (χ4v) is 2.61. The van der Waals surface area contributed by atoms with E-state index in [1.165, 1.54) is 7.11 Å². The molecule has 2 rings (SSSR count). The van der Waals surface area contributed by atoms with Crippen LogP contribution in [0.3, 0.4) is 0 Å². The summed E-state index contributed by atoms with van der Waals surface area (Å²) in [7, 11) is 1.37. The third-order valence-corrected chi connectivity index (χ3v) is 3.69. The molecule has 1 aliphatic heterocycles. The lowest BCUT2D eigenvalue weighted by molar-refractivity contribution is -0.136. The van der Waals surface area contributed by atoms with Gasteiger partial charge in [0.05, 0.1) is 25.3 Å². The Morgan fingerprint density at radius 3 is 2.52 bits per heavy atom. The van der Waals surface area contributed by atoms with Gasteiger partial charge >= 0.3 is 5.97 Å². The lowest BCUT2D eigenvalue weighted by Gasteiger charge is -2.29. The van der Waals surface area contributed by atoms with E-state index in [2.05, 4.69) is 24.5 Å². The van der Waals surface area contributed by atoms with Crippen LogP contribution < -0.4 is 15.4 Å². The topological polar surface area (TPSA) is 59.6 Å². The molecule has 0 fully saturated rings. The SMILES string of the molecule is COC(=O)C1=C(C)NC(=S)N[C@@H]1c1ccc(OCC(C)C)cc1. The minimum Gasteiger partial charge on any atom is -0.493 e. The first-order valence-electron chi connectivity index (χ1n) is 7.51. The average molecular weight is 334 g/mol. The van der Waals surface area contributed by atoms with Crippen LogP contribution in [0.5, 0.6) is 5.75 Å². The van der Waals surface area contributed by atoms with Gasteiger partial charge in [-0.25, -0.2) is 4.79 Å². The van der Waals surface area contributed by atoms with Crippen molar-refractivity contribution < 1.29 is 14.3 Å². The number of thiocarbonyl (C=S) groups is 1. The maximum Gasteiger partial charge on any atom is 0.337 e. The molecule has 1 heterocycles. The van der Waals surface area contributed by atoms with Crippen LogP contribution in [0, 0.1) is 5.92 Å². The molecule has 23 heavy (non-hydrogen) atoms. The smallest absolute Gasteiger partial charge is 0.337 e. The molecule has 6 heteroatoms. The predicted molar refractivity (Wildman–Crippen MR) is 93.1 cm³/mol. The van der Waals surface area contributed by atoms with Gasteiger partial charge in [0.25, 0.3) is 0 Å². The number of rotatable bonds is 5. The fourth-order valence-electron chi connectivity index (χ4n) is 2.34. The van der Waals surface area contributed by atoms with Crippen LogP contribution in [0.25, 0.3) is 0 Å². The molecule has 1 aromatic rings. The highest BCUT2D eigenvalue weighted by atomic mass is 32.1. The van der Waals surface area contributed by atoms with Crippen molar-refractivity contribution in [2.75, 3.05) is 13.7 Å². The van der Waals surface area contributed by atoms with Crippen molar-refractivity contribution >= 4 is 23.3 Å². The summed E-state index contributed by atoms with van der Waals surface area (Å²) in [5.41, 5.74) is 2.15. The first-order chi connectivity index (χ1) is 10.9. The standard InChI is InChI=1S/C17H22N2O3S/c1-10(2)9-22-13-7-5-12(6-8-13)15-14(16(20)21-4)11(3)18-17(23)19-15/h5-8,10,15H,9H2,1-4H3,(H2,18,19,23)/t15-/m1/s1. The van der Waals surface area contributed by atoms with Gasteiger partial charge in [-0.2, -0.15) is 0 Å². The summed E-state index contributed by atoms with van der Waals surface area (Å²) in [6, 6.07) is 7.31. The quantitative estimate of drug-likeness (QED) is 0.638. The summed E-state index contributed by atoms with van der Waals surface area (Å²) in [6.07, 6.45) is 0. The van der Waals surface area contributed by atoms with Crippen LogP contribution in [0.1, 0.15) is 32.4 Å². The van der Waals surface area contributed by atoms with E-state index in [0.717, 1.165) is 11.3 Å². The normalized spacial score (nSPS) is 17.6.